The summed E-state index contributed by atoms with van der Waals surface area (Å²) in [6.45, 7) is 0.508. The number of fused-ring (bicyclic) bond motifs is 1. The quantitative estimate of drug-likeness (QED) is 0.492. The van der Waals surface area contributed by atoms with Crippen LogP contribution in [-0.2, 0) is 0 Å². The van der Waals surface area contributed by atoms with E-state index in [9.17, 15) is 4.79 Å². The molecule has 0 spiro atoms. The van der Waals surface area contributed by atoms with Crippen molar-refractivity contribution in [2.45, 2.75) is 0 Å². The predicted molar refractivity (Wildman–Crippen MR) is 38.5 cm³/mol. The van der Waals surface area contributed by atoms with Gasteiger partial charge in [-0.15, -0.1) is 0 Å². The van der Waals surface area contributed by atoms with Gasteiger partial charge in [-0.25, -0.2) is 4.79 Å². The molecule has 58 valence electrons. The van der Waals surface area contributed by atoms with Crippen LogP contribution in [0.1, 0.15) is 0 Å². The highest BCUT2D eigenvalue weighted by molar-refractivity contribution is 5.73. The largest absolute Gasteiger partial charge is 0.351 e. The van der Waals surface area contributed by atoms with Gasteiger partial charge in [-0.2, -0.15) is 0 Å². The maximum atomic E-state index is 10.7. The Morgan fingerprint density at radius 2 is 2.55 bits per heavy atom. The minimum Gasteiger partial charge on any atom is -0.351 e. The number of hydrogen-bond donors (Lipinski definition) is 2. The van der Waals surface area contributed by atoms with Crippen molar-refractivity contribution in [3.05, 3.63) is 24.4 Å². The molecule has 2 rings (SSSR count). The zero-order chi connectivity index (χ0) is 7.84. The van der Waals surface area contributed by atoms with Crippen LogP contribution in [0.4, 0.5) is 4.79 Å². The van der Waals surface area contributed by atoms with Gasteiger partial charge in [0.25, 0.3) is 0 Å². The number of primary amides is 1. The molecule has 0 saturated carbocycles. The zero-order valence-corrected chi connectivity index (χ0v) is 5.82. The number of carbonyl (C=O) groups is 1. The second-order valence-electron chi connectivity index (χ2n) is 2.39. The summed E-state index contributed by atoms with van der Waals surface area (Å²) < 4.78 is 0. The number of nitrogens with one attached hydrogen (secondary N) is 1. The van der Waals surface area contributed by atoms with Gasteiger partial charge in [0, 0.05) is 12.4 Å². The Kier molecular flexibility index (Phi) is 1.06. The molecule has 0 saturated heterocycles. The molecule has 2 amide bonds. The van der Waals surface area contributed by atoms with E-state index in [-0.39, 0.29) is 0 Å². The van der Waals surface area contributed by atoms with Gasteiger partial charge < -0.3 is 16.0 Å². The van der Waals surface area contributed by atoms with Crippen LogP contribution in [0.3, 0.4) is 0 Å². The van der Waals surface area contributed by atoms with Gasteiger partial charge >= 0.3 is 6.03 Å². The van der Waals surface area contributed by atoms with Gasteiger partial charge in [-0.05, 0) is 0 Å². The van der Waals surface area contributed by atoms with Crippen LogP contribution in [0.2, 0.25) is 0 Å². The van der Waals surface area contributed by atoms with E-state index in [2.05, 4.69) is 5.32 Å². The summed E-state index contributed by atoms with van der Waals surface area (Å²) in [6, 6.07) is -0.429. The Morgan fingerprint density at radius 3 is 3.18 bits per heavy atom. The van der Waals surface area contributed by atoms with E-state index in [0.29, 0.717) is 6.67 Å². The minimum atomic E-state index is -0.429. The fraction of sp³-hybridized carbons (Fsp3) is 0.167. The average Bonchev–Trinajstić information content (AvgIpc) is 2.40. The van der Waals surface area contributed by atoms with Crippen LogP contribution in [0.15, 0.2) is 24.4 Å². The summed E-state index contributed by atoms with van der Waals surface area (Å²) in [5.74, 6) is 0.892. The Labute approximate surface area is 63.7 Å². The van der Waals surface area contributed by atoms with Gasteiger partial charge in [-0.1, -0.05) is 0 Å². The third-order valence-electron chi connectivity index (χ3n) is 1.66. The molecule has 5 nitrogen and oxygen atoms in total. The second kappa shape index (κ2) is 1.91. The summed E-state index contributed by atoms with van der Waals surface area (Å²) in [5.41, 5.74) is 5.06. The monoisotopic (exact) mass is 152 g/mol. The predicted octanol–water partition coefficient (Wildman–Crippen LogP) is -0.486. The van der Waals surface area contributed by atoms with E-state index in [1.54, 1.807) is 6.20 Å². The molecular formula is C6H8N4O. The smallest absolute Gasteiger partial charge is 0.320 e. The van der Waals surface area contributed by atoms with E-state index in [0.717, 1.165) is 5.82 Å². The van der Waals surface area contributed by atoms with Crippen molar-refractivity contribution in [2.24, 2.45) is 5.73 Å². The molecule has 11 heavy (non-hydrogen) atoms. The second-order valence-corrected chi connectivity index (χ2v) is 2.39. The molecule has 0 atom stereocenters. The summed E-state index contributed by atoms with van der Waals surface area (Å²) in [5, 5.41) is 2.96. The highest BCUT2D eigenvalue weighted by atomic mass is 16.2. The van der Waals surface area contributed by atoms with Crippen LogP contribution >= 0.6 is 0 Å². The molecule has 0 radical (unpaired) electrons. The maximum Gasteiger partial charge on any atom is 0.320 e. The van der Waals surface area contributed by atoms with Crippen LogP contribution in [-0.4, -0.2) is 22.5 Å². The molecule has 0 aromatic rings. The van der Waals surface area contributed by atoms with Crippen molar-refractivity contribution >= 4 is 6.03 Å². The molecule has 2 aliphatic rings. The molecule has 2 aliphatic heterocycles. The Balaban J connectivity index is 2.16. The summed E-state index contributed by atoms with van der Waals surface area (Å²) in [4.78, 5) is 14.0. The van der Waals surface area contributed by atoms with Gasteiger partial charge in [0.15, 0.2) is 0 Å². The molecule has 0 aromatic heterocycles. The molecule has 0 aliphatic carbocycles. The Bertz CT molecular complexity index is 257. The first kappa shape index (κ1) is 6.09. The van der Waals surface area contributed by atoms with Crippen molar-refractivity contribution in [1.82, 2.24) is 15.1 Å². The van der Waals surface area contributed by atoms with Crippen LogP contribution in [0.5, 0.6) is 0 Å². The molecule has 0 unspecified atom stereocenters. The standard InChI is InChI=1S/C6H8N4O/c7-6(11)10-3-5-8-1-2-9(5)4-10/h1-3,8H,4H2,(H2,7,11). The van der Waals surface area contributed by atoms with Crippen molar-refractivity contribution in [3.63, 3.8) is 0 Å². The fourth-order valence-electron chi connectivity index (χ4n) is 1.10. The first-order valence-corrected chi connectivity index (χ1v) is 3.25. The molecule has 0 bridgehead atoms. The SMILES string of the molecule is NC(=O)N1C=C2NC=CN2C1. The van der Waals surface area contributed by atoms with Crippen LogP contribution in [0.25, 0.3) is 0 Å². The van der Waals surface area contributed by atoms with E-state index in [1.165, 1.54) is 4.90 Å². The van der Waals surface area contributed by atoms with Crippen molar-refractivity contribution < 1.29 is 4.79 Å². The first-order valence-electron chi connectivity index (χ1n) is 3.25. The van der Waals surface area contributed by atoms with Gasteiger partial charge in [0.1, 0.15) is 12.5 Å². The highest BCUT2D eigenvalue weighted by Gasteiger charge is 2.23. The lowest BCUT2D eigenvalue weighted by atomic mass is 10.7. The molecule has 0 fully saturated rings. The summed E-state index contributed by atoms with van der Waals surface area (Å²) in [6.07, 6.45) is 5.35. The summed E-state index contributed by atoms with van der Waals surface area (Å²) in [7, 11) is 0. The van der Waals surface area contributed by atoms with Crippen molar-refractivity contribution in [1.29, 1.82) is 0 Å². The number of urea groups is 1. The summed E-state index contributed by atoms with van der Waals surface area (Å²) >= 11 is 0. The van der Waals surface area contributed by atoms with Crippen LogP contribution < -0.4 is 11.1 Å². The van der Waals surface area contributed by atoms with Gasteiger partial charge in [-0.3, -0.25) is 4.90 Å². The lowest BCUT2D eigenvalue weighted by molar-refractivity contribution is 0.218. The lowest BCUT2D eigenvalue weighted by Crippen LogP contribution is -2.32. The van der Waals surface area contributed by atoms with Gasteiger partial charge in [0.2, 0.25) is 0 Å². The van der Waals surface area contributed by atoms with Crippen molar-refractivity contribution in [3.8, 4) is 0 Å². The topological polar surface area (TPSA) is 61.6 Å². The number of nitrogens with two attached hydrogens (primary N) is 1. The number of nitrogens with zero attached hydrogens (tertiary/aromatic N) is 2. The third kappa shape index (κ3) is 0.813. The zero-order valence-electron chi connectivity index (χ0n) is 5.82. The average molecular weight is 152 g/mol. The molecule has 3 N–H and O–H groups in total. The number of hydrogen-bond acceptors (Lipinski definition) is 3. The number of amides is 2. The molecule has 5 heteroatoms. The fourth-order valence-corrected chi connectivity index (χ4v) is 1.10. The molecular weight excluding hydrogens is 144 g/mol. The number of rotatable bonds is 0. The van der Waals surface area contributed by atoms with E-state index in [1.807, 2.05) is 17.3 Å². The third-order valence-corrected chi connectivity index (χ3v) is 1.66. The molecule has 0 aromatic carbocycles. The maximum absolute atomic E-state index is 10.7. The number of carbonyl (C=O) groups excluding carboxylic acids is 1. The lowest BCUT2D eigenvalue weighted by Gasteiger charge is -2.12. The minimum absolute atomic E-state index is 0.429. The Morgan fingerprint density at radius 1 is 1.73 bits per heavy atom. The van der Waals surface area contributed by atoms with E-state index < -0.39 is 6.03 Å². The van der Waals surface area contributed by atoms with E-state index in [4.69, 9.17) is 5.73 Å². The normalized spacial score (nSPS) is 19.8. The van der Waals surface area contributed by atoms with Gasteiger partial charge in [0.05, 0.1) is 6.20 Å². The van der Waals surface area contributed by atoms with E-state index >= 15 is 0 Å². The highest BCUT2D eigenvalue weighted by Crippen LogP contribution is 2.16. The Hall–Kier alpha value is -1.65. The molecule has 2 heterocycles. The van der Waals surface area contributed by atoms with Crippen molar-refractivity contribution in [2.75, 3.05) is 6.67 Å². The first-order chi connectivity index (χ1) is 5.27. The van der Waals surface area contributed by atoms with Crippen LogP contribution in [0, 0.1) is 0 Å².